The topological polar surface area (TPSA) is 549 Å². The van der Waals surface area contributed by atoms with Gasteiger partial charge in [-0.3, -0.25) is 82.0 Å². The van der Waals surface area contributed by atoms with Crippen molar-refractivity contribution < 1.29 is 102 Å². The van der Waals surface area contributed by atoms with Crippen molar-refractivity contribution in [2.75, 3.05) is 73.1 Å². The molecule has 36 nitrogen and oxygen atoms in total. The zero-order valence-corrected chi connectivity index (χ0v) is 66.0. The van der Waals surface area contributed by atoms with E-state index in [4.69, 9.17) is 10.5 Å². The number of ketones is 5. The lowest BCUT2D eigenvalue weighted by Gasteiger charge is -2.30. The Balaban J connectivity index is 1.64. The number of carboxylic acid groups (broad SMARTS) is 1. The second kappa shape index (κ2) is 50.1. The number of thiol groups is 7. The van der Waals surface area contributed by atoms with Crippen LogP contribution >= 0.6 is 98.2 Å². The molecule has 3 rings (SSSR count). The number of phenolic OH excluding ortho intramolecular Hbond substituents is 2. The van der Waals surface area contributed by atoms with Gasteiger partial charge >= 0.3 is 11.9 Å². The third-order valence-corrected chi connectivity index (χ3v) is 19.3. The quantitative estimate of drug-likeness (QED) is 0.00964. The van der Waals surface area contributed by atoms with Crippen LogP contribution in [-0.2, 0) is 94.3 Å². The number of nitrogens with two attached hydrogens (primary N) is 1. The molecule has 19 N–H and O–H groups in total. The van der Waals surface area contributed by atoms with Crippen molar-refractivity contribution >= 4 is 192 Å². The van der Waals surface area contributed by atoms with E-state index in [-0.39, 0.29) is 79.1 Å². The molecule has 600 valence electrons. The summed E-state index contributed by atoms with van der Waals surface area (Å²) in [7, 11) is 0.919. The van der Waals surface area contributed by atoms with Gasteiger partial charge in [0.2, 0.25) is 64.7 Å². The molecule has 108 heavy (non-hydrogen) atoms. The number of esters is 1. The van der Waals surface area contributed by atoms with Crippen molar-refractivity contribution in [1.29, 1.82) is 0 Å². The number of nitrogens with one attached hydrogen (secondary N) is 13. The number of carbonyl (C=O) groups is 16. The van der Waals surface area contributed by atoms with Crippen molar-refractivity contribution in [3.05, 3.63) is 59.7 Å². The van der Waals surface area contributed by atoms with Gasteiger partial charge in [-0.15, -0.1) is 11.7 Å². The third-order valence-electron chi connectivity index (χ3n) is 16.3. The summed E-state index contributed by atoms with van der Waals surface area (Å²) in [5, 5.41) is 62.0. The van der Waals surface area contributed by atoms with E-state index >= 15 is 0 Å². The summed E-state index contributed by atoms with van der Waals surface area (Å²) in [6.07, 6.45) is -3.12. The highest BCUT2D eigenvalue weighted by Gasteiger charge is 2.40. The first-order valence-electron chi connectivity index (χ1n) is 33.6. The number of carbonyl (C=O) groups excluding carboxylic acids is 15. The number of hydrogen-bond acceptors (Lipinski definition) is 34. The number of amides is 9. The standard InChI is InChI=1S/C64H95N15O21S8/c1-4-100-64(99)40(19-34-9-13-36(82)14-10-34)77-78-42(25-102)55(90)50(85)23-68-62(97)54(32(3)80)74-58(93)43(26-103)67-21-48(83)31(2)66-22-49(84)47-6-5-17-79(47)63(98)39(20-52(65)87)69-59(94)44(27-104)73-61(96)46(29-106)72-57(92)38(18-33-7-11-35(81)12-8-33)76-75-37(15-16-53(88)89)56(91)71-45(28-105)60(95)70-41(24-101)51(86)30-108-107/h7-14,31-32,37-47,54,66-67,75-78,80-82,101-107H,4-6,15-30H2,1-3H3,(H2,65,87)(H,68,97)(H,69,94)(H,70,95)(H,71,91)(H,72,92)(H,73,96)(H,74,93)(H,88,89)/t31-,32+,37-,38-,39-,40?,41-,42-,43-,44-,45-,46-,47-,54-/m0/s1. The minimum atomic E-state index is -1.71. The Hall–Kier alpha value is -6.92. The van der Waals surface area contributed by atoms with Crippen LogP contribution in [0.2, 0.25) is 0 Å². The molecule has 0 aromatic heterocycles. The highest BCUT2D eigenvalue weighted by molar-refractivity contribution is 8.68. The van der Waals surface area contributed by atoms with Gasteiger partial charge in [-0.25, -0.2) is 21.7 Å². The Morgan fingerprint density at radius 2 is 1.01 bits per heavy atom. The minimum absolute atomic E-state index is 0.00579. The molecule has 2 aromatic rings. The zero-order chi connectivity index (χ0) is 80.9. The van der Waals surface area contributed by atoms with Crippen molar-refractivity contribution in [1.82, 2.24) is 74.5 Å². The number of likely N-dealkylation sites (tertiary alicyclic amines) is 1. The van der Waals surface area contributed by atoms with Crippen LogP contribution in [0.3, 0.4) is 0 Å². The molecule has 1 saturated heterocycles. The largest absolute Gasteiger partial charge is 0.508 e. The molecule has 44 heteroatoms. The van der Waals surface area contributed by atoms with Crippen LogP contribution < -0.4 is 75.3 Å². The first-order valence-corrected chi connectivity index (χ1v) is 39.4. The van der Waals surface area contributed by atoms with Crippen LogP contribution in [0.5, 0.6) is 11.5 Å². The Bertz CT molecular complexity index is 3430. The molecule has 2 aromatic carbocycles. The molecule has 1 aliphatic rings. The van der Waals surface area contributed by atoms with Gasteiger partial charge < -0.3 is 78.3 Å². The summed E-state index contributed by atoms with van der Waals surface area (Å²) < 4.78 is 5.12. The molecule has 1 heterocycles. The molecule has 1 unspecified atom stereocenters. The van der Waals surface area contributed by atoms with Crippen molar-refractivity contribution in [3.63, 3.8) is 0 Å². The summed E-state index contributed by atoms with van der Waals surface area (Å²) in [5.74, 6) is -16.4. The monoisotopic (exact) mass is 1670 g/mol. The summed E-state index contributed by atoms with van der Waals surface area (Å²) >= 11 is 29.1. The molecule has 0 radical (unpaired) electrons. The van der Waals surface area contributed by atoms with Gasteiger partial charge in [0, 0.05) is 47.5 Å². The summed E-state index contributed by atoms with van der Waals surface area (Å²) in [5.41, 5.74) is 17.2. The van der Waals surface area contributed by atoms with Gasteiger partial charge in [-0.05, 0) is 88.3 Å². The van der Waals surface area contributed by atoms with Crippen LogP contribution in [0.15, 0.2) is 48.5 Å². The van der Waals surface area contributed by atoms with Gasteiger partial charge in [-0.2, -0.15) is 75.8 Å². The van der Waals surface area contributed by atoms with Crippen LogP contribution in [-0.4, -0.2) is 277 Å². The molecule has 0 aliphatic carbocycles. The number of nitrogens with zero attached hydrogens (tertiary/aromatic N) is 1. The number of primary amides is 1. The van der Waals surface area contributed by atoms with E-state index in [1.807, 2.05) is 0 Å². The van der Waals surface area contributed by atoms with E-state index in [9.17, 15) is 97.1 Å². The fourth-order valence-corrected chi connectivity index (χ4v) is 12.5. The second-order valence-corrected chi connectivity index (χ2v) is 27.9. The van der Waals surface area contributed by atoms with E-state index < -0.39 is 229 Å². The lowest BCUT2D eigenvalue weighted by molar-refractivity contribution is -0.146. The van der Waals surface area contributed by atoms with Crippen molar-refractivity contribution in [3.8, 4) is 11.5 Å². The molecular formula is C64H95N15O21S8. The highest BCUT2D eigenvalue weighted by atomic mass is 33.1. The van der Waals surface area contributed by atoms with Crippen molar-refractivity contribution in [2.24, 2.45) is 5.73 Å². The molecule has 14 atom stereocenters. The number of aliphatic carboxylic acids is 1. The molecule has 0 saturated carbocycles. The summed E-state index contributed by atoms with van der Waals surface area (Å²) in [6.45, 7) is 2.28. The van der Waals surface area contributed by atoms with Gasteiger partial charge in [0.1, 0.15) is 59.8 Å². The van der Waals surface area contributed by atoms with Gasteiger partial charge in [0.05, 0.1) is 74.7 Å². The molecule has 9 amide bonds. The number of carboxylic acids is 1. The lowest BCUT2D eigenvalue weighted by Crippen LogP contribution is -2.62. The smallest absolute Gasteiger partial charge is 0.324 e. The van der Waals surface area contributed by atoms with Crippen LogP contribution in [0, 0.1) is 0 Å². The molecule has 1 fully saturated rings. The van der Waals surface area contributed by atoms with Crippen LogP contribution in [0.4, 0.5) is 0 Å². The average molecular weight is 1670 g/mol. The number of rotatable bonds is 53. The van der Waals surface area contributed by atoms with Gasteiger partial charge in [0.15, 0.2) is 17.3 Å². The number of benzene rings is 2. The van der Waals surface area contributed by atoms with E-state index in [0.29, 0.717) is 11.1 Å². The number of aliphatic hydroxyl groups excluding tert-OH is 1. The first kappa shape index (κ1) is 95.3. The molecule has 1 aliphatic heterocycles. The lowest BCUT2D eigenvalue weighted by atomic mass is 10.0. The summed E-state index contributed by atoms with van der Waals surface area (Å²) in [6, 6.07) is -6.17. The normalized spacial score (nSPS) is 16.2. The average Bonchev–Trinajstić information content (AvgIpc) is 1.63. The molecule has 0 bridgehead atoms. The van der Waals surface area contributed by atoms with Gasteiger partial charge in [-0.1, -0.05) is 35.1 Å². The maximum Gasteiger partial charge on any atom is 0.324 e. The molecule has 0 spiro atoms. The Kier molecular flexibility index (Phi) is 44.2. The fourth-order valence-electron chi connectivity index (χ4n) is 10.1. The van der Waals surface area contributed by atoms with Crippen molar-refractivity contribution in [2.45, 2.75) is 150 Å². The third kappa shape index (κ3) is 32.6. The number of hydrogen-bond donors (Lipinski definition) is 25. The Morgan fingerprint density at radius 3 is 1.49 bits per heavy atom. The minimum Gasteiger partial charge on any atom is -0.508 e. The predicted octanol–water partition coefficient (Wildman–Crippen LogP) is -5.82. The number of ether oxygens (including phenoxy) is 1. The van der Waals surface area contributed by atoms with Crippen LogP contribution in [0.25, 0.3) is 0 Å². The zero-order valence-electron chi connectivity index (χ0n) is 58.9. The molecular weight excluding hydrogens is 1570 g/mol. The summed E-state index contributed by atoms with van der Waals surface area (Å²) in [4.78, 5) is 214. The van der Waals surface area contributed by atoms with Crippen LogP contribution in [0.1, 0.15) is 64.0 Å². The number of Topliss-reactive ketones (excluding diaryl/α,β-unsaturated/α-hetero) is 5. The maximum absolute atomic E-state index is 14.3. The first-order chi connectivity index (χ1) is 51.2. The number of phenols is 2. The highest BCUT2D eigenvalue weighted by Crippen LogP contribution is 2.21. The second-order valence-electron chi connectivity index (χ2n) is 24.4. The predicted molar refractivity (Wildman–Crippen MR) is 418 cm³/mol. The van der Waals surface area contributed by atoms with E-state index in [1.54, 1.807) is 19.1 Å². The Morgan fingerprint density at radius 1 is 0.556 bits per heavy atom. The SMILES string of the molecule is CCOC(=O)C(Cc1ccc(O)cc1)NN[C@@H](CS)C(=O)C(=O)CNC(=O)[C@@H](NC(=O)[C@H](CS)NCC(=O)[C@H](C)NCC(=O)[C@@H]1CCCN1C(=O)[C@H](CC(N)=O)NC(=O)[C@H](CS)NC(=O)[C@H](CS)NC(=O)[C@H](Cc1ccc(O)cc1)NN[C@@H](CCC(=O)O)C(=O)N[C@@H](CS)C(=O)N[C@@H](CS)C(=O)CSS)[C@@H](C)O. The number of aliphatic hydroxyl groups is 1. The fraction of sp³-hybridized carbons (Fsp3) is 0.562. The number of aromatic hydroxyl groups is 2. The van der Waals surface area contributed by atoms with E-state index in [1.165, 1.54) is 43.3 Å². The number of hydrazine groups is 2. The Labute approximate surface area is 664 Å². The van der Waals surface area contributed by atoms with Gasteiger partial charge in [0.25, 0.3) is 0 Å². The maximum atomic E-state index is 14.3. The van der Waals surface area contributed by atoms with E-state index in [2.05, 4.69) is 157 Å². The van der Waals surface area contributed by atoms with E-state index in [0.717, 1.165) is 22.6 Å².